The van der Waals surface area contributed by atoms with Gasteiger partial charge in [-0.25, -0.2) is 4.57 Å². The van der Waals surface area contributed by atoms with Crippen LogP contribution < -0.4 is 4.52 Å². The smallest absolute Gasteiger partial charge is 0.508 e. The van der Waals surface area contributed by atoms with Gasteiger partial charge in [-0.2, -0.15) is 0 Å². The number of phenolic OH excluding ortho intramolecular Hbond substituents is 2. The first-order chi connectivity index (χ1) is 11.1. The number of benzene rings is 2. The molecule has 2 aromatic rings. The van der Waals surface area contributed by atoms with Gasteiger partial charge < -0.3 is 24.9 Å². The lowest BCUT2D eigenvalue weighted by molar-refractivity contribution is -0.174. The van der Waals surface area contributed by atoms with Crippen LogP contribution in [0.2, 0.25) is 0 Å². The zero-order valence-electron chi connectivity index (χ0n) is 12.4. The maximum Gasteiger partial charge on any atom is 0.524 e. The fourth-order valence-electron chi connectivity index (χ4n) is 2.21. The maximum atomic E-state index is 11.0. The van der Waals surface area contributed by atoms with Crippen molar-refractivity contribution in [2.24, 2.45) is 0 Å². The standard InChI is InChI=1S/C15H17O8P/c16-11-3-1-2-10(8-11)6-7-15(18,19)13-5-4-12(17)9-14(13)23-24(20,21)22/h1-5,8-9,16-19H,6-7H2,(H2,20,21,22). The highest BCUT2D eigenvalue weighted by Crippen LogP contribution is 2.43. The summed E-state index contributed by atoms with van der Waals surface area (Å²) in [5.41, 5.74) is 0.336. The molecule has 0 amide bonds. The molecule has 130 valence electrons. The Kier molecular flexibility index (Phi) is 5.17. The van der Waals surface area contributed by atoms with E-state index < -0.39 is 19.4 Å². The van der Waals surface area contributed by atoms with Crippen molar-refractivity contribution in [3.8, 4) is 17.2 Å². The summed E-state index contributed by atoms with van der Waals surface area (Å²) in [5, 5.41) is 39.3. The van der Waals surface area contributed by atoms with Crippen LogP contribution in [-0.2, 0) is 16.8 Å². The van der Waals surface area contributed by atoms with Gasteiger partial charge in [-0.05, 0) is 36.2 Å². The number of phenols is 2. The molecular formula is C15H17O8P. The van der Waals surface area contributed by atoms with E-state index >= 15 is 0 Å². The van der Waals surface area contributed by atoms with E-state index in [0.717, 1.165) is 18.2 Å². The van der Waals surface area contributed by atoms with Gasteiger partial charge in [0.1, 0.15) is 17.2 Å². The van der Waals surface area contributed by atoms with Gasteiger partial charge in [-0.3, -0.25) is 9.79 Å². The molecule has 8 nitrogen and oxygen atoms in total. The highest BCUT2D eigenvalue weighted by Gasteiger charge is 2.32. The van der Waals surface area contributed by atoms with Crippen molar-refractivity contribution in [2.45, 2.75) is 18.6 Å². The van der Waals surface area contributed by atoms with E-state index in [4.69, 9.17) is 9.79 Å². The Morgan fingerprint density at radius 2 is 1.67 bits per heavy atom. The normalized spacial score (nSPS) is 12.2. The van der Waals surface area contributed by atoms with Crippen LogP contribution in [-0.4, -0.2) is 30.2 Å². The Morgan fingerprint density at radius 3 is 2.29 bits per heavy atom. The van der Waals surface area contributed by atoms with Crippen molar-refractivity contribution in [3.05, 3.63) is 53.6 Å². The molecule has 2 rings (SSSR count). The predicted octanol–water partition coefficient (Wildman–Crippen LogP) is 1.34. The van der Waals surface area contributed by atoms with Gasteiger partial charge in [0.15, 0.2) is 5.79 Å². The number of phosphoric acid groups is 1. The minimum absolute atomic E-state index is 0.0316. The number of rotatable bonds is 6. The Balaban J connectivity index is 2.26. The fourth-order valence-corrected chi connectivity index (χ4v) is 2.62. The monoisotopic (exact) mass is 356 g/mol. The zero-order valence-corrected chi connectivity index (χ0v) is 13.3. The third-order valence-corrected chi connectivity index (χ3v) is 3.72. The van der Waals surface area contributed by atoms with Gasteiger partial charge in [0.05, 0.1) is 5.56 Å². The van der Waals surface area contributed by atoms with Gasteiger partial charge in [-0.1, -0.05) is 12.1 Å². The average Bonchev–Trinajstić information content (AvgIpc) is 2.43. The summed E-state index contributed by atoms with van der Waals surface area (Å²) in [6.07, 6.45) is -0.0730. The first-order valence-corrected chi connectivity index (χ1v) is 8.41. The second-order valence-electron chi connectivity index (χ2n) is 5.25. The van der Waals surface area contributed by atoms with Gasteiger partial charge in [0, 0.05) is 12.5 Å². The van der Waals surface area contributed by atoms with Crippen LogP contribution in [0.4, 0.5) is 0 Å². The van der Waals surface area contributed by atoms with Crippen LogP contribution in [0.1, 0.15) is 17.5 Å². The quantitative estimate of drug-likeness (QED) is 0.336. The number of phosphoric ester groups is 1. The first kappa shape index (κ1) is 18.3. The lowest BCUT2D eigenvalue weighted by Crippen LogP contribution is -2.26. The molecule has 0 atom stereocenters. The van der Waals surface area contributed by atoms with Crippen molar-refractivity contribution in [1.82, 2.24) is 0 Å². The molecule has 0 aliphatic heterocycles. The molecule has 9 heteroatoms. The summed E-state index contributed by atoms with van der Waals surface area (Å²) in [6, 6.07) is 9.33. The van der Waals surface area contributed by atoms with Crippen molar-refractivity contribution in [1.29, 1.82) is 0 Å². The largest absolute Gasteiger partial charge is 0.524 e. The van der Waals surface area contributed by atoms with E-state index in [1.165, 1.54) is 12.1 Å². The molecule has 0 fully saturated rings. The second-order valence-corrected chi connectivity index (χ2v) is 6.41. The molecular weight excluding hydrogens is 339 g/mol. The van der Waals surface area contributed by atoms with E-state index in [0.29, 0.717) is 5.56 Å². The lowest BCUT2D eigenvalue weighted by Gasteiger charge is -2.25. The second kappa shape index (κ2) is 6.80. The predicted molar refractivity (Wildman–Crippen MR) is 83.3 cm³/mol. The molecule has 0 radical (unpaired) electrons. The molecule has 0 aliphatic rings. The van der Waals surface area contributed by atoms with E-state index in [1.54, 1.807) is 12.1 Å². The summed E-state index contributed by atoms with van der Waals surface area (Å²) in [6.45, 7) is 0. The van der Waals surface area contributed by atoms with Crippen molar-refractivity contribution >= 4 is 7.82 Å². The topological polar surface area (TPSA) is 148 Å². The van der Waals surface area contributed by atoms with Crippen LogP contribution in [0, 0.1) is 0 Å². The van der Waals surface area contributed by atoms with E-state index in [9.17, 15) is 25.0 Å². The molecule has 0 bridgehead atoms. The number of aryl methyl sites for hydroxylation is 1. The molecule has 0 aliphatic carbocycles. The highest BCUT2D eigenvalue weighted by atomic mass is 31.2. The summed E-state index contributed by atoms with van der Waals surface area (Å²) in [5.74, 6) is -3.33. The van der Waals surface area contributed by atoms with Crippen molar-refractivity contribution in [3.63, 3.8) is 0 Å². The van der Waals surface area contributed by atoms with Gasteiger partial charge in [0.2, 0.25) is 0 Å². The molecule has 0 heterocycles. The van der Waals surface area contributed by atoms with E-state index in [1.807, 2.05) is 0 Å². The van der Waals surface area contributed by atoms with Crippen LogP contribution in [0.25, 0.3) is 0 Å². The van der Waals surface area contributed by atoms with E-state index in [-0.39, 0.29) is 29.9 Å². The Hall–Kier alpha value is -2.09. The summed E-state index contributed by atoms with van der Waals surface area (Å²) in [4.78, 5) is 17.8. The van der Waals surface area contributed by atoms with Gasteiger partial charge in [-0.15, -0.1) is 0 Å². The first-order valence-electron chi connectivity index (χ1n) is 6.88. The molecule has 0 unspecified atom stereocenters. The zero-order chi connectivity index (χ0) is 18.0. The average molecular weight is 356 g/mol. The van der Waals surface area contributed by atoms with Crippen molar-refractivity contribution in [2.75, 3.05) is 0 Å². The number of aromatic hydroxyl groups is 2. The molecule has 2 aromatic carbocycles. The SMILES string of the molecule is O=P(O)(O)Oc1cc(O)ccc1C(O)(O)CCc1cccc(O)c1. The number of aliphatic hydroxyl groups is 2. The third-order valence-electron chi connectivity index (χ3n) is 3.29. The summed E-state index contributed by atoms with van der Waals surface area (Å²) < 4.78 is 15.4. The highest BCUT2D eigenvalue weighted by molar-refractivity contribution is 7.46. The Labute approximate surface area is 137 Å². The maximum absolute atomic E-state index is 11.0. The molecule has 0 aromatic heterocycles. The minimum atomic E-state index is -4.95. The van der Waals surface area contributed by atoms with Crippen molar-refractivity contribution < 1.29 is 39.3 Å². The Morgan fingerprint density at radius 1 is 1.00 bits per heavy atom. The van der Waals surface area contributed by atoms with Crippen LogP contribution >= 0.6 is 7.82 Å². The number of hydrogen-bond acceptors (Lipinski definition) is 6. The molecule has 0 spiro atoms. The molecule has 0 saturated carbocycles. The Bertz CT molecular complexity index is 768. The molecule has 0 saturated heterocycles. The lowest BCUT2D eigenvalue weighted by atomic mass is 9.97. The fraction of sp³-hybridized carbons (Fsp3) is 0.200. The third kappa shape index (κ3) is 4.95. The molecule has 6 N–H and O–H groups in total. The molecule has 24 heavy (non-hydrogen) atoms. The van der Waals surface area contributed by atoms with Crippen LogP contribution in [0.3, 0.4) is 0 Å². The minimum Gasteiger partial charge on any atom is -0.508 e. The van der Waals surface area contributed by atoms with Gasteiger partial charge >= 0.3 is 7.82 Å². The van der Waals surface area contributed by atoms with Gasteiger partial charge in [0.25, 0.3) is 0 Å². The van der Waals surface area contributed by atoms with E-state index in [2.05, 4.69) is 4.52 Å². The summed E-state index contributed by atoms with van der Waals surface area (Å²) >= 11 is 0. The summed E-state index contributed by atoms with van der Waals surface area (Å²) in [7, 11) is -4.95. The van der Waals surface area contributed by atoms with Crippen LogP contribution in [0.15, 0.2) is 42.5 Å². The number of hydrogen-bond donors (Lipinski definition) is 6. The van der Waals surface area contributed by atoms with Crippen LogP contribution in [0.5, 0.6) is 17.2 Å².